The Hall–Kier alpha value is -2.37. The van der Waals surface area contributed by atoms with E-state index in [0.29, 0.717) is 12.3 Å². The minimum absolute atomic E-state index is 0.178. The lowest BCUT2D eigenvalue weighted by Crippen LogP contribution is -2.47. The van der Waals surface area contributed by atoms with Gasteiger partial charge in [0, 0.05) is 18.9 Å². The lowest BCUT2D eigenvalue weighted by Gasteiger charge is -2.26. The van der Waals surface area contributed by atoms with Crippen molar-refractivity contribution in [1.29, 1.82) is 0 Å². The molecule has 128 valence electrons. The van der Waals surface area contributed by atoms with Crippen LogP contribution in [0.15, 0.2) is 16.9 Å². The number of imidazole rings is 1. The number of hydrogen-bond donors (Lipinski definition) is 1. The standard InChI is InChI=1S/C18H23N3O3/c1-11(2)18(3)9-5-6-12-14(10-18)20(4)17(24)21(12)13-7-8-15(22)19-16(13)23/h5-6,9-11,13H,7-8H2,1-4H3,(H,19,22,23). The van der Waals surface area contributed by atoms with Gasteiger partial charge in [-0.1, -0.05) is 32.9 Å². The van der Waals surface area contributed by atoms with Crippen LogP contribution >= 0.6 is 0 Å². The maximum atomic E-state index is 12.8. The molecular weight excluding hydrogens is 306 g/mol. The van der Waals surface area contributed by atoms with Crippen molar-refractivity contribution in [3.05, 3.63) is 33.3 Å². The summed E-state index contributed by atoms with van der Waals surface area (Å²) in [6.07, 6.45) is 8.64. The summed E-state index contributed by atoms with van der Waals surface area (Å²) in [6, 6.07) is -0.647. The number of nitrogens with zero attached hydrogens (tertiary/aromatic N) is 2. The van der Waals surface area contributed by atoms with Crippen LogP contribution in [0.3, 0.4) is 0 Å². The summed E-state index contributed by atoms with van der Waals surface area (Å²) in [5.74, 6) is -0.328. The SMILES string of the molecule is CC(C)C1(C)C=CC=c2c(n(C)c(=O)n2C2CCC(=O)NC2=O)=C1. The third-order valence-electron chi connectivity index (χ3n) is 5.30. The van der Waals surface area contributed by atoms with E-state index in [1.165, 1.54) is 4.57 Å². The molecule has 6 nitrogen and oxygen atoms in total. The number of piperidine rings is 1. The smallest absolute Gasteiger partial charge is 0.295 e. The second-order valence-electron chi connectivity index (χ2n) is 7.14. The van der Waals surface area contributed by atoms with E-state index in [0.717, 1.165) is 10.7 Å². The van der Waals surface area contributed by atoms with Gasteiger partial charge in [-0.3, -0.25) is 24.0 Å². The zero-order chi connectivity index (χ0) is 17.6. The fourth-order valence-electron chi connectivity index (χ4n) is 3.28. The molecule has 3 rings (SSSR count). The maximum Gasteiger partial charge on any atom is 0.329 e. The normalized spacial score (nSPS) is 26.5. The van der Waals surface area contributed by atoms with Gasteiger partial charge >= 0.3 is 5.69 Å². The topological polar surface area (TPSA) is 73.1 Å². The molecule has 0 saturated carbocycles. The van der Waals surface area contributed by atoms with E-state index in [-0.39, 0.29) is 23.4 Å². The summed E-state index contributed by atoms with van der Waals surface area (Å²) in [5, 5.41) is 3.86. The number of rotatable bonds is 2. The van der Waals surface area contributed by atoms with Crippen molar-refractivity contribution in [3.63, 3.8) is 0 Å². The van der Waals surface area contributed by atoms with Gasteiger partial charge in [-0.2, -0.15) is 0 Å². The van der Waals surface area contributed by atoms with E-state index in [1.807, 2.05) is 12.2 Å². The molecule has 1 fully saturated rings. The Morgan fingerprint density at radius 2 is 1.96 bits per heavy atom. The fraction of sp³-hybridized carbons (Fsp3) is 0.500. The Labute approximate surface area is 140 Å². The summed E-state index contributed by atoms with van der Waals surface area (Å²) >= 11 is 0. The van der Waals surface area contributed by atoms with Crippen molar-refractivity contribution in [2.75, 3.05) is 0 Å². The third-order valence-corrected chi connectivity index (χ3v) is 5.30. The first-order valence-corrected chi connectivity index (χ1v) is 8.28. The number of imide groups is 1. The minimum Gasteiger partial charge on any atom is -0.295 e. The number of fused-ring (bicyclic) bond motifs is 1. The first-order valence-electron chi connectivity index (χ1n) is 8.28. The lowest BCUT2D eigenvalue weighted by atomic mass is 9.79. The van der Waals surface area contributed by atoms with Crippen LogP contribution in [0.5, 0.6) is 0 Å². The van der Waals surface area contributed by atoms with Crippen LogP contribution in [0.4, 0.5) is 0 Å². The number of hydrogen-bond acceptors (Lipinski definition) is 3. The number of carbonyl (C=O) groups is 2. The summed E-state index contributed by atoms with van der Waals surface area (Å²) < 4.78 is 3.10. The van der Waals surface area contributed by atoms with Crippen LogP contribution in [-0.2, 0) is 16.6 Å². The number of carbonyl (C=O) groups excluding carboxylic acids is 2. The molecule has 2 aliphatic rings. The molecule has 2 amide bonds. The summed E-state index contributed by atoms with van der Waals surface area (Å²) in [4.78, 5) is 36.4. The first kappa shape index (κ1) is 16.5. The average Bonchev–Trinajstić information content (AvgIpc) is 2.65. The molecule has 2 atom stereocenters. The lowest BCUT2D eigenvalue weighted by molar-refractivity contribution is -0.135. The highest BCUT2D eigenvalue weighted by atomic mass is 16.2. The average molecular weight is 329 g/mol. The third kappa shape index (κ3) is 2.46. The molecular formula is C18H23N3O3. The Kier molecular flexibility index (Phi) is 3.86. The van der Waals surface area contributed by atoms with E-state index in [9.17, 15) is 14.4 Å². The number of aromatic nitrogens is 2. The van der Waals surface area contributed by atoms with Gasteiger partial charge in [-0.05, 0) is 24.5 Å². The zero-order valence-corrected chi connectivity index (χ0v) is 14.5. The van der Waals surface area contributed by atoms with Gasteiger partial charge < -0.3 is 0 Å². The number of nitrogens with one attached hydrogen (secondary N) is 1. The molecule has 24 heavy (non-hydrogen) atoms. The monoisotopic (exact) mass is 329 g/mol. The Morgan fingerprint density at radius 3 is 2.58 bits per heavy atom. The molecule has 1 aliphatic heterocycles. The van der Waals surface area contributed by atoms with Gasteiger partial charge in [-0.15, -0.1) is 0 Å². The summed E-state index contributed by atoms with van der Waals surface area (Å²) in [5.41, 5.74) is -0.411. The molecule has 2 heterocycles. The largest absolute Gasteiger partial charge is 0.329 e. The van der Waals surface area contributed by atoms with Crippen LogP contribution < -0.4 is 21.7 Å². The molecule has 1 saturated heterocycles. The molecule has 1 aliphatic carbocycles. The number of allylic oxidation sites excluding steroid dienone is 2. The van der Waals surface area contributed by atoms with Gasteiger partial charge in [0.1, 0.15) is 6.04 Å². The predicted molar refractivity (Wildman–Crippen MR) is 91.4 cm³/mol. The van der Waals surface area contributed by atoms with Crippen molar-refractivity contribution in [1.82, 2.24) is 14.5 Å². The van der Waals surface area contributed by atoms with Crippen LogP contribution in [0, 0.1) is 11.3 Å². The van der Waals surface area contributed by atoms with E-state index in [2.05, 4.69) is 38.2 Å². The summed E-state index contributed by atoms with van der Waals surface area (Å²) in [7, 11) is 1.72. The van der Waals surface area contributed by atoms with Crippen molar-refractivity contribution in [2.24, 2.45) is 18.4 Å². The Bertz CT molecular complexity index is 917. The van der Waals surface area contributed by atoms with Gasteiger partial charge in [0.15, 0.2) is 0 Å². The maximum absolute atomic E-state index is 12.8. The van der Waals surface area contributed by atoms with Crippen molar-refractivity contribution in [2.45, 2.75) is 39.7 Å². The van der Waals surface area contributed by atoms with E-state index in [4.69, 9.17) is 0 Å². The van der Waals surface area contributed by atoms with E-state index in [1.54, 1.807) is 11.6 Å². The predicted octanol–water partition coefficient (Wildman–Crippen LogP) is -0.0424. The molecule has 0 aromatic carbocycles. The van der Waals surface area contributed by atoms with Gasteiger partial charge in [0.05, 0.1) is 10.7 Å². The van der Waals surface area contributed by atoms with Crippen LogP contribution in [-0.4, -0.2) is 20.9 Å². The Balaban J connectivity index is 2.25. The quantitative estimate of drug-likeness (QED) is 0.774. The minimum atomic E-state index is -0.647. The van der Waals surface area contributed by atoms with Crippen molar-refractivity contribution >= 4 is 24.0 Å². The molecule has 1 aromatic heterocycles. The van der Waals surface area contributed by atoms with E-state index < -0.39 is 11.9 Å². The molecule has 2 unspecified atom stereocenters. The van der Waals surface area contributed by atoms with Gasteiger partial charge in [-0.25, -0.2) is 4.79 Å². The molecule has 0 spiro atoms. The van der Waals surface area contributed by atoms with Crippen LogP contribution in [0.1, 0.15) is 39.7 Å². The van der Waals surface area contributed by atoms with Gasteiger partial charge in [0.25, 0.3) is 0 Å². The summed E-state index contributed by atoms with van der Waals surface area (Å²) in [6.45, 7) is 6.41. The molecule has 0 radical (unpaired) electrons. The molecule has 1 aromatic rings. The number of amides is 2. The van der Waals surface area contributed by atoms with E-state index >= 15 is 0 Å². The van der Waals surface area contributed by atoms with Crippen LogP contribution in [0.25, 0.3) is 12.2 Å². The molecule has 0 bridgehead atoms. The highest BCUT2D eigenvalue weighted by molar-refractivity contribution is 5.99. The second kappa shape index (κ2) is 5.61. The first-order chi connectivity index (χ1) is 11.2. The second-order valence-corrected chi connectivity index (χ2v) is 7.14. The molecule has 1 N–H and O–H groups in total. The highest BCUT2D eigenvalue weighted by Gasteiger charge is 2.31. The zero-order valence-electron chi connectivity index (χ0n) is 14.5. The van der Waals surface area contributed by atoms with Crippen molar-refractivity contribution in [3.8, 4) is 0 Å². The van der Waals surface area contributed by atoms with Crippen LogP contribution in [0.2, 0.25) is 0 Å². The molecule has 6 heteroatoms. The van der Waals surface area contributed by atoms with Gasteiger partial charge in [0.2, 0.25) is 11.8 Å². The highest BCUT2D eigenvalue weighted by Crippen LogP contribution is 2.30. The fourth-order valence-corrected chi connectivity index (χ4v) is 3.28. The van der Waals surface area contributed by atoms with Crippen molar-refractivity contribution < 1.29 is 9.59 Å². The Morgan fingerprint density at radius 1 is 1.25 bits per heavy atom.